The summed E-state index contributed by atoms with van der Waals surface area (Å²) in [5, 5.41) is 18.0. The lowest BCUT2D eigenvalue weighted by Gasteiger charge is -2.28. The molecule has 6 heteroatoms. The number of ether oxygens (including phenoxy) is 1. The van der Waals surface area contributed by atoms with Crippen molar-refractivity contribution in [2.45, 2.75) is 57.5 Å². The Morgan fingerprint density at radius 1 is 1.15 bits per heavy atom. The van der Waals surface area contributed by atoms with E-state index in [-0.39, 0.29) is 25.7 Å². The van der Waals surface area contributed by atoms with Gasteiger partial charge in [0.05, 0.1) is 0 Å². The summed E-state index contributed by atoms with van der Waals surface area (Å²) in [4.78, 5) is 33.3. The van der Waals surface area contributed by atoms with Gasteiger partial charge >= 0.3 is 17.9 Å². The summed E-state index contributed by atoms with van der Waals surface area (Å²) in [5.74, 6) is -3.05. The van der Waals surface area contributed by atoms with Crippen molar-refractivity contribution in [1.29, 1.82) is 0 Å². The second-order valence-corrected chi connectivity index (χ2v) is 4.63. The number of carbonyl (C=O) groups is 3. The molecule has 0 spiro atoms. The van der Waals surface area contributed by atoms with Gasteiger partial charge in [0.1, 0.15) is 0 Å². The van der Waals surface area contributed by atoms with Gasteiger partial charge in [0.15, 0.2) is 0 Å². The molecule has 0 aromatic heterocycles. The molecule has 0 saturated carbocycles. The van der Waals surface area contributed by atoms with Gasteiger partial charge in [-0.05, 0) is 25.7 Å². The smallest absolute Gasteiger partial charge is 0.348 e. The van der Waals surface area contributed by atoms with Crippen LogP contribution < -0.4 is 0 Å². The average molecular weight is 286 g/mol. The van der Waals surface area contributed by atoms with Crippen molar-refractivity contribution in [3.05, 3.63) is 12.7 Å². The maximum Gasteiger partial charge on any atom is 0.348 e. The number of carboxylic acid groups (broad SMARTS) is 2. The van der Waals surface area contributed by atoms with Gasteiger partial charge in [-0.15, -0.1) is 0 Å². The van der Waals surface area contributed by atoms with E-state index in [2.05, 4.69) is 6.58 Å². The van der Waals surface area contributed by atoms with Gasteiger partial charge in [-0.1, -0.05) is 26.3 Å². The molecule has 1 unspecified atom stereocenters. The quantitative estimate of drug-likeness (QED) is 0.343. The molecule has 0 fully saturated rings. The fourth-order valence-electron chi connectivity index (χ4n) is 1.90. The molecule has 20 heavy (non-hydrogen) atoms. The first-order valence-electron chi connectivity index (χ1n) is 6.68. The molecule has 0 bridgehead atoms. The van der Waals surface area contributed by atoms with Gasteiger partial charge in [0.2, 0.25) is 5.60 Å². The van der Waals surface area contributed by atoms with Crippen molar-refractivity contribution in [2.24, 2.45) is 0 Å². The Hall–Kier alpha value is -1.85. The minimum atomic E-state index is -1.66. The molecule has 0 aromatic rings. The zero-order valence-corrected chi connectivity index (χ0v) is 11.8. The maximum atomic E-state index is 11.5. The highest BCUT2D eigenvalue weighted by atomic mass is 16.6. The first kappa shape index (κ1) is 18.1. The largest absolute Gasteiger partial charge is 0.481 e. The monoisotopic (exact) mass is 286 g/mol. The van der Waals surface area contributed by atoms with E-state index in [0.717, 1.165) is 18.9 Å². The molecule has 114 valence electrons. The predicted octanol–water partition coefficient (Wildman–Crippen LogP) is 2.37. The fourth-order valence-corrected chi connectivity index (χ4v) is 1.90. The molecule has 0 aliphatic heterocycles. The molecule has 0 aromatic carbocycles. The molecule has 0 saturated heterocycles. The Morgan fingerprint density at radius 3 is 2.20 bits per heavy atom. The lowest BCUT2D eigenvalue weighted by atomic mass is 9.90. The van der Waals surface area contributed by atoms with Crippen LogP contribution in [0, 0.1) is 0 Å². The summed E-state index contributed by atoms with van der Waals surface area (Å²) in [6.07, 6.45) is 3.37. The van der Waals surface area contributed by atoms with E-state index in [0.29, 0.717) is 6.42 Å². The summed E-state index contributed by atoms with van der Waals surface area (Å²) in [7, 11) is 0. The second-order valence-electron chi connectivity index (χ2n) is 4.63. The summed E-state index contributed by atoms with van der Waals surface area (Å²) in [6, 6.07) is 0. The minimum Gasteiger partial charge on any atom is -0.481 e. The molecule has 0 aliphatic carbocycles. The van der Waals surface area contributed by atoms with E-state index in [1.54, 1.807) is 0 Å². The number of rotatable bonds is 11. The Morgan fingerprint density at radius 2 is 1.75 bits per heavy atom. The van der Waals surface area contributed by atoms with Crippen molar-refractivity contribution < 1.29 is 29.3 Å². The zero-order chi connectivity index (χ0) is 15.6. The normalized spacial score (nSPS) is 13.2. The SMILES string of the molecule is C=CC(=O)OC(CCCCC)(CCCC(=O)O)C(=O)O. The van der Waals surface area contributed by atoms with Gasteiger partial charge < -0.3 is 14.9 Å². The van der Waals surface area contributed by atoms with E-state index in [4.69, 9.17) is 9.84 Å². The van der Waals surface area contributed by atoms with E-state index in [1.807, 2.05) is 6.92 Å². The molecule has 6 nitrogen and oxygen atoms in total. The van der Waals surface area contributed by atoms with E-state index in [9.17, 15) is 19.5 Å². The van der Waals surface area contributed by atoms with Gasteiger partial charge in [0, 0.05) is 12.5 Å². The van der Waals surface area contributed by atoms with Crippen molar-refractivity contribution >= 4 is 17.9 Å². The van der Waals surface area contributed by atoms with Crippen LogP contribution in [-0.2, 0) is 19.1 Å². The van der Waals surface area contributed by atoms with Gasteiger partial charge in [-0.25, -0.2) is 9.59 Å². The third-order valence-corrected chi connectivity index (χ3v) is 3.01. The Labute approximate surface area is 118 Å². The van der Waals surface area contributed by atoms with Crippen molar-refractivity contribution in [1.82, 2.24) is 0 Å². The molecule has 2 N–H and O–H groups in total. The highest BCUT2D eigenvalue weighted by molar-refractivity contribution is 5.86. The van der Waals surface area contributed by atoms with Crippen LogP contribution >= 0.6 is 0 Å². The highest BCUT2D eigenvalue weighted by Gasteiger charge is 2.41. The summed E-state index contributed by atoms with van der Waals surface area (Å²) >= 11 is 0. The average Bonchev–Trinajstić information content (AvgIpc) is 2.37. The summed E-state index contributed by atoms with van der Waals surface area (Å²) in [6.45, 7) is 5.22. The van der Waals surface area contributed by atoms with Crippen LogP contribution in [0.4, 0.5) is 0 Å². The molecule has 0 amide bonds. The maximum absolute atomic E-state index is 11.5. The van der Waals surface area contributed by atoms with Crippen LogP contribution in [0.15, 0.2) is 12.7 Å². The second kappa shape index (κ2) is 9.12. The zero-order valence-electron chi connectivity index (χ0n) is 11.8. The molecule has 0 radical (unpaired) electrons. The lowest BCUT2D eigenvalue weighted by Crippen LogP contribution is -2.43. The van der Waals surface area contributed by atoms with E-state index >= 15 is 0 Å². The van der Waals surface area contributed by atoms with Crippen LogP contribution in [0.2, 0.25) is 0 Å². The third kappa shape index (κ3) is 6.36. The molecule has 0 heterocycles. The Balaban J connectivity index is 4.90. The first-order valence-corrected chi connectivity index (χ1v) is 6.68. The van der Waals surface area contributed by atoms with Crippen molar-refractivity contribution in [3.63, 3.8) is 0 Å². The van der Waals surface area contributed by atoms with Crippen molar-refractivity contribution in [2.75, 3.05) is 0 Å². The topological polar surface area (TPSA) is 101 Å². The van der Waals surface area contributed by atoms with E-state index < -0.39 is 23.5 Å². The molecule has 1 atom stereocenters. The fraction of sp³-hybridized carbons (Fsp3) is 0.643. The molecular formula is C14H22O6. The summed E-state index contributed by atoms with van der Waals surface area (Å²) in [5.41, 5.74) is -1.66. The molecule has 0 aliphatic rings. The summed E-state index contributed by atoms with van der Waals surface area (Å²) < 4.78 is 5.03. The van der Waals surface area contributed by atoms with Crippen LogP contribution in [0.5, 0.6) is 0 Å². The van der Waals surface area contributed by atoms with Crippen LogP contribution in [-0.4, -0.2) is 33.7 Å². The standard InChI is InChI=1S/C14H22O6/c1-3-5-6-9-14(13(18)19,20-12(17)4-2)10-7-8-11(15)16/h4H,2-3,5-10H2,1H3,(H,15,16)(H,18,19). The number of unbranched alkanes of at least 4 members (excludes halogenated alkanes) is 2. The lowest BCUT2D eigenvalue weighted by molar-refractivity contribution is -0.177. The van der Waals surface area contributed by atoms with Crippen LogP contribution in [0.1, 0.15) is 51.9 Å². The molecule has 0 rings (SSSR count). The van der Waals surface area contributed by atoms with E-state index in [1.165, 1.54) is 0 Å². The number of aliphatic carboxylic acids is 2. The van der Waals surface area contributed by atoms with Crippen LogP contribution in [0.3, 0.4) is 0 Å². The number of hydrogen-bond acceptors (Lipinski definition) is 4. The van der Waals surface area contributed by atoms with Crippen LogP contribution in [0.25, 0.3) is 0 Å². The third-order valence-electron chi connectivity index (χ3n) is 3.01. The number of hydrogen-bond donors (Lipinski definition) is 2. The first-order chi connectivity index (χ1) is 9.38. The predicted molar refractivity (Wildman–Crippen MR) is 72.3 cm³/mol. The molecular weight excluding hydrogens is 264 g/mol. The van der Waals surface area contributed by atoms with Crippen molar-refractivity contribution in [3.8, 4) is 0 Å². The van der Waals surface area contributed by atoms with Gasteiger partial charge in [-0.2, -0.15) is 0 Å². The highest BCUT2D eigenvalue weighted by Crippen LogP contribution is 2.27. The van der Waals surface area contributed by atoms with Gasteiger partial charge in [0.25, 0.3) is 0 Å². The Kier molecular flexibility index (Phi) is 8.27. The Bertz CT molecular complexity index is 363. The number of carbonyl (C=O) groups excluding carboxylic acids is 1. The minimum absolute atomic E-state index is 0.0159. The number of carboxylic acids is 2. The van der Waals surface area contributed by atoms with Gasteiger partial charge in [-0.3, -0.25) is 4.79 Å². The number of esters is 1.